The molecule has 1 aromatic heterocycles. The molecule has 4 rings (SSSR count). The molecule has 0 aliphatic carbocycles. The van der Waals surface area contributed by atoms with E-state index in [4.69, 9.17) is 5.73 Å². The van der Waals surface area contributed by atoms with Crippen molar-refractivity contribution in [3.8, 4) is 0 Å². The van der Waals surface area contributed by atoms with Crippen molar-refractivity contribution in [3.63, 3.8) is 0 Å². The quantitative estimate of drug-likeness (QED) is 0.828. The number of rotatable bonds is 5. The van der Waals surface area contributed by atoms with Crippen LogP contribution in [0.25, 0.3) is 0 Å². The minimum absolute atomic E-state index is 0.167. The number of anilines is 4. The zero-order valence-corrected chi connectivity index (χ0v) is 16.2. The second kappa shape index (κ2) is 8.46. The van der Waals surface area contributed by atoms with Crippen molar-refractivity contribution in [1.29, 1.82) is 0 Å². The Bertz CT molecular complexity index is 810. The Morgan fingerprint density at radius 3 is 2.11 bits per heavy atom. The van der Waals surface area contributed by atoms with E-state index < -0.39 is 5.91 Å². The fraction of sp³-hybridized carbons (Fsp3) is 0.476. The van der Waals surface area contributed by atoms with Gasteiger partial charge in [0, 0.05) is 37.6 Å². The zero-order chi connectivity index (χ0) is 19.3. The van der Waals surface area contributed by atoms with Crippen LogP contribution >= 0.6 is 0 Å². The summed E-state index contributed by atoms with van der Waals surface area (Å²) in [6, 6.07) is 8.26. The van der Waals surface area contributed by atoms with Gasteiger partial charge in [-0.1, -0.05) is 0 Å². The maximum Gasteiger partial charge on any atom is 0.271 e. The first kappa shape index (κ1) is 18.5. The van der Waals surface area contributed by atoms with Crippen molar-refractivity contribution in [3.05, 3.63) is 36.2 Å². The Kier molecular flexibility index (Phi) is 5.60. The molecule has 7 nitrogen and oxygen atoms in total. The van der Waals surface area contributed by atoms with E-state index in [-0.39, 0.29) is 5.69 Å². The van der Waals surface area contributed by atoms with Crippen molar-refractivity contribution in [2.75, 3.05) is 41.3 Å². The lowest BCUT2D eigenvalue weighted by molar-refractivity contribution is 0.0996. The molecule has 2 saturated heterocycles. The molecule has 7 heteroatoms. The highest BCUT2D eigenvalue weighted by atomic mass is 16.1. The molecule has 2 fully saturated rings. The molecule has 1 aromatic carbocycles. The van der Waals surface area contributed by atoms with Gasteiger partial charge < -0.3 is 20.9 Å². The third-order valence-electron chi connectivity index (χ3n) is 5.52. The SMILES string of the molecule is NC(=O)c1ncc(N2CCCCC2)nc1Nc1ccc(N2CCCCC2)cc1. The van der Waals surface area contributed by atoms with Crippen LogP contribution in [0.3, 0.4) is 0 Å². The molecule has 0 unspecified atom stereocenters. The summed E-state index contributed by atoms with van der Waals surface area (Å²) < 4.78 is 0. The largest absolute Gasteiger partial charge is 0.372 e. The lowest BCUT2D eigenvalue weighted by atomic mass is 10.1. The highest BCUT2D eigenvalue weighted by molar-refractivity contribution is 5.96. The number of aromatic nitrogens is 2. The summed E-state index contributed by atoms with van der Waals surface area (Å²) in [7, 11) is 0. The molecule has 0 atom stereocenters. The molecule has 148 valence electrons. The van der Waals surface area contributed by atoms with E-state index in [2.05, 4.69) is 37.2 Å². The number of nitrogens with one attached hydrogen (secondary N) is 1. The van der Waals surface area contributed by atoms with Gasteiger partial charge in [-0.3, -0.25) is 4.79 Å². The second-order valence-electron chi connectivity index (χ2n) is 7.56. The fourth-order valence-corrected chi connectivity index (χ4v) is 3.97. The zero-order valence-electron chi connectivity index (χ0n) is 16.2. The molecule has 3 N–H and O–H groups in total. The van der Waals surface area contributed by atoms with Gasteiger partial charge in [-0.2, -0.15) is 0 Å². The van der Waals surface area contributed by atoms with Crippen LogP contribution in [0.4, 0.5) is 23.0 Å². The molecule has 0 spiro atoms. The van der Waals surface area contributed by atoms with Gasteiger partial charge in [0.1, 0.15) is 5.82 Å². The third kappa shape index (κ3) is 4.18. The van der Waals surface area contributed by atoms with E-state index in [0.717, 1.165) is 50.5 Å². The molecule has 0 bridgehead atoms. The molecular formula is C21H28N6O. The summed E-state index contributed by atoms with van der Waals surface area (Å²) >= 11 is 0. The fourth-order valence-electron chi connectivity index (χ4n) is 3.97. The van der Waals surface area contributed by atoms with E-state index in [0.29, 0.717) is 5.82 Å². The summed E-state index contributed by atoms with van der Waals surface area (Å²) in [4.78, 5) is 25.4. The number of carbonyl (C=O) groups is 1. The normalized spacial score (nSPS) is 17.4. The van der Waals surface area contributed by atoms with E-state index >= 15 is 0 Å². The average Bonchev–Trinajstić information content (AvgIpc) is 2.75. The summed E-state index contributed by atoms with van der Waals surface area (Å²) in [5.74, 6) is 0.628. The van der Waals surface area contributed by atoms with Crippen LogP contribution in [0, 0.1) is 0 Å². The first-order valence-corrected chi connectivity index (χ1v) is 10.2. The Labute approximate surface area is 166 Å². The Hall–Kier alpha value is -2.83. The molecule has 1 amide bonds. The average molecular weight is 380 g/mol. The highest BCUT2D eigenvalue weighted by Crippen LogP contribution is 2.26. The molecule has 28 heavy (non-hydrogen) atoms. The smallest absolute Gasteiger partial charge is 0.271 e. The first-order valence-electron chi connectivity index (χ1n) is 10.2. The molecule has 3 heterocycles. The van der Waals surface area contributed by atoms with Gasteiger partial charge in [0.2, 0.25) is 0 Å². The van der Waals surface area contributed by atoms with Crippen LogP contribution < -0.4 is 20.9 Å². The van der Waals surface area contributed by atoms with Crippen molar-refractivity contribution in [2.24, 2.45) is 5.73 Å². The summed E-state index contributed by atoms with van der Waals surface area (Å²) in [5, 5.41) is 3.24. The third-order valence-corrected chi connectivity index (χ3v) is 5.52. The van der Waals surface area contributed by atoms with Gasteiger partial charge in [0.15, 0.2) is 11.5 Å². The number of amides is 1. The monoisotopic (exact) mass is 380 g/mol. The minimum atomic E-state index is -0.579. The number of hydrogen-bond acceptors (Lipinski definition) is 6. The molecule has 2 aliphatic heterocycles. The van der Waals surface area contributed by atoms with Gasteiger partial charge in [0.25, 0.3) is 5.91 Å². The maximum absolute atomic E-state index is 11.8. The minimum Gasteiger partial charge on any atom is -0.372 e. The summed E-state index contributed by atoms with van der Waals surface area (Å²) in [6.45, 7) is 4.16. The Balaban J connectivity index is 1.54. The van der Waals surface area contributed by atoms with E-state index in [1.54, 1.807) is 6.20 Å². The van der Waals surface area contributed by atoms with Crippen LogP contribution in [0.15, 0.2) is 30.5 Å². The number of carbonyl (C=O) groups excluding carboxylic acids is 1. The van der Waals surface area contributed by atoms with Gasteiger partial charge in [-0.05, 0) is 62.8 Å². The topological polar surface area (TPSA) is 87.4 Å². The van der Waals surface area contributed by atoms with Crippen LogP contribution in [0.2, 0.25) is 0 Å². The molecule has 2 aliphatic rings. The van der Waals surface area contributed by atoms with Crippen molar-refractivity contribution in [2.45, 2.75) is 38.5 Å². The number of primary amides is 1. The first-order chi connectivity index (χ1) is 13.7. The summed E-state index contributed by atoms with van der Waals surface area (Å²) in [6.07, 6.45) is 9.02. The van der Waals surface area contributed by atoms with Gasteiger partial charge >= 0.3 is 0 Å². The van der Waals surface area contributed by atoms with Crippen LogP contribution in [0.1, 0.15) is 49.0 Å². The van der Waals surface area contributed by atoms with Crippen LogP contribution in [-0.2, 0) is 0 Å². The lowest BCUT2D eigenvalue weighted by Gasteiger charge is -2.29. The van der Waals surface area contributed by atoms with Crippen molar-refractivity contribution in [1.82, 2.24) is 9.97 Å². The van der Waals surface area contributed by atoms with E-state index in [9.17, 15) is 4.79 Å². The standard InChI is InChI=1S/C21H28N6O/c22-20(28)19-21(25-18(15-23-19)27-13-5-2-6-14-27)24-16-7-9-17(10-8-16)26-11-3-1-4-12-26/h7-10,15H,1-6,11-14H2,(H2,22,28)(H,24,25). The van der Waals surface area contributed by atoms with Crippen molar-refractivity contribution >= 4 is 28.9 Å². The summed E-state index contributed by atoms with van der Waals surface area (Å²) in [5.41, 5.74) is 7.78. The predicted molar refractivity (Wildman–Crippen MR) is 112 cm³/mol. The van der Waals surface area contributed by atoms with Gasteiger partial charge in [-0.25, -0.2) is 9.97 Å². The maximum atomic E-state index is 11.8. The molecule has 2 aromatic rings. The molecule has 0 saturated carbocycles. The lowest BCUT2D eigenvalue weighted by Crippen LogP contribution is -2.31. The van der Waals surface area contributed by atoms with E-state index in [1.165, 1.54) is 31.4 Å². The number of nitrogens with zero attached hydrogens (tertiary/aromatic N) is 4. The molecular weight excluding hydrogens is 352 g/mol. The highest BCUT2D eigenvalue weighted by Gasteiger charge is 2.18. The Morgan fingerprint density at radius 2 is 1.50 bits per heavy atom. The van der Waals surface area contributed by atoms with E-state index in [1.807, 2.05) is 12.1 Å². The Morgan fingerprint density at radius 1 is 0.893 bits per heavy atom. The second-order valence-corrected chi connectivity index (χ2v) is 7.56. The van der Waals surface area contributed by atoms with Gasteiger partial charge in [-0.15, -0.1) is 0 Å². The van der Waals surface area contributed by atoms with Crippen LogP contribution in [0.5, 0.6) is 0 Å². The number of hydrogen-bond donors (Lipinski definition) is 2. The number of benzene rings is 1. The predicted octanol–water partition coefficient (Wildman–Crippen LogP) is 3.30. The number of piperidine rings is 2. The molecule has 0 radical (unpaired) electrons. The van der Waals surface area contributed by atoms with Crippen molar-refractivity contribution < 1.29 is 4.79 Å². The number of nitrogens with two attached hydrogens (primary N) is 1. The van der Waals surface area contributed by atoms with Gasteiger partial charge in [0.05, 0.1) is 6.20 Å². The van der Waals surface area contributed by atoms with Crippen LogP contribution in [-0.4, -0.2) is 42.1 Å².